The van der Waals surface area contributed by atoms with Crippen molar-refractivity contribution in [1.82, 2.24) is 0 Å². The van der Waals surface area contributed by atoms with Crippen molar-refractivity contribution < 1.29 is 14.6 Å². The van der Waals surface area contributed by atoms with Crippen LogP contribution in [0.3, 0.4) is 0 Å². The van der Waals surface area contributed by atoms with Crippen molar-refractivity contribution in [2.45, 2.75) is 19.8 Å². The van der Waals surface area contributed by atoms with Crippen LogP contribution in [0, 0.1) is 12.8 Å². The van der Waals surface area contributed by atoms with Gasteiger partial charge >= 0.3 is 5.97 Å². The highest BCUT2D eigenvalue weighted by atomic mass is 16.5. The van der Waals surface area contributed by atoms with E-state index < -0.39 is 5.97 Å². The Morgan fingerprint density at radius 3 is 2.68 bits per heavy atom. The molecule has 2 rings (SSSR count). The van der Waals surface area contributed by atoms with Gasteiger partial charge in [0.05, 0.1) is 5.56 Å². The van der Waals surface area contributed by atoms with E-state index >= 15 is 0 Å². The first-order valence-corrected chi connectivity index (χ1v) is 6.70. The van der Waals surface area contributed by atoms with Crippen LogP contribution in [0.25, 0.3) is 0 Å². The topological polar surface area (TPSA) is 49.8 Å². The normalized spacial score (nSPS) is 16.3. The molecular weight excluding hydrogens is 242 g/mol. The number of carbonyl (C=O) groups is 1. The molecule has 1 aliphatic rings. The molecule has 1 aromatic carbocycles. The molecule has 1 saturated heterocycles. The molecule has 104 valence electrons. The maximum Gasteiger partial charge on any atom is 0.335 e. The van der Waals surface area contributed by atoms with Crippen molar-refractivity contribution in [3.63, 3.8) is 0 Å². The molecular formula is C15H21NO3. The molecule has 0 spiro atoms. The van der Waals surface area contributed by atoms with Gasteiger partial charge in [-0.3, -0.25) is 0 Å². The van der Waals surface area contributed by atoms with Crippen LogP contribution in [0.5, 0.6) is 0 Å². The van der Waals surface area contributed by atoms with Gasteiger partial charge in [0, 0.05) is 32.5 Å². The number of nitrogens with zero attached hydrogens (tertiary/aromatic N) is 1. The summed E-state index contributed by atoms with van der Waals surface area (Å²) in [5.74, 6) is -0.209. The molecule has 0 radical (unpaired) electrons. The summed E-state index contributed by atoms with van der Waals surface area (Å²) in [5, 5.41) is 8.97. The molecule has 0 aliphatic carbocycles. The van der Waals surface area contributed by atoms with Crippen LogP contribution in [-0.2, 0) is 4.74 Å². The Labute approximate surface area is 114 Å². The highest BCUT2D eigenvalue weighted by Crippen LogP contribution is 2.23. The van der Waals surface area contributed by atoms with E-state index in [0.717, 1.165) is 43.9 Å². The lowest BCUT2D eigenvalue weighted by Gasteiger charge is -2.29. The highest BCUT2D eigenvalue weighted by molar-refractivity contribution is 5.88. The van der Waals surface area contributed by atoms with Gasteiger partial charge in [-0.2, -0.15) is 0 Å². The van der Waals surface area contributed by atoms with Crippen molar-refractivity contribution in [2.24, 2.45) is 5.92 Å². The number of ether oxygens (including phenoxy) is 1. The molecule has 1 fully saturated rings. The first-order valence-electron chi connectivity index (χ1n) is 6.70. The minimum Gasteiger partial charge on any atom is -0.478 e. The van der Waals surface area contributed by atoms with Gasteiger partial charge in [-0.15, -0.1) is 0 Å². The SMILES string of the molecule is Cc1cc(C(=O)O)ccc1N(C)CC1CCOCC1. The van der Waals surface area contributed by atoms with Crippen LogP contribution < -0.4 is 4.90 Å². The fourth-order valence-corrected chi connectivity index (χ4v) is 2.63. The monoisotopic (exact) mass is 263 g/mol. The number of benzene rings is 1. The molecule has 1 N–H and O–H groups in total. The number of aryl methyl sites for hydroxylation is 1. The largest absolute Gasteiger partial charge is 0.478 e. The number of hydrogen-bond acceptors (Lipinski definition) is 3. The average molecular weight is 263 g/mol. The number of hydrogen-bond donors (Lipinski definition) is 1. The fraction of sp³-hybridized carbons (Fsp3) is 0.533. The number of carboxylic acids is 1. The molecule has 0 amide bonds. The van der Waals surface area contributed by atoms with Gasteiger partial charge in [-0.1, -0.05) is 0 Å². The van der Waals surface area contributed by atoms with Gasteiger partial charge in [-0.05, 0) is 49.4 Å². The summed E-state index contributed by atoms with van der Waals surface area (Å²) in [6.45, 7) is 4.67. The zero-order chi connectivity index (χ0) is 13.8. The fourth-order valence-electron chi connectivity index (χ4n) is 2.63. The van der Waals surface area contributed by atoms with Crippen LogP contribution in [0.4, 0.5) is 5.69 Å². The maximum absolute atomic E-state index is 10.9. The van der Waals surface area contributed by atoms with Crippen LogP contribution in [-0.4, -0.2) is 37.9 Å². The smallest absolute Gasteiger partial charge is 0.335 e. The summed E-state index contributed by atoms with van der Waals surface area (Å²) in [5.41, 5.74) is 2.46. The molecule has 1 aliphatic heterocycles. The Kier molecular flexibility index (Phi) is 4.43. The third-order valence-electron chi connectivity index (χ3n) is 3.73. The number of carboxylic acid groups (broad SMARTS) is 1. The summed E-state index contributed by atoms with van der Waals surface area (Å²) in [7, 11) is 2.07. The summed E-state index contributed by atoms with van der Waals surface area (Å²) in [6, 6.07) is 5.31. The van der Waals surface area contributed by atoms with Crippen molar-refractivity contribution in [3.8, 4) is 0 Å². The van der Waals surface area contributed by atoms with Gasteiger partial charge in [0.15, 0.2) is 0 Å². The second-order valence-electron chi connectivity index (χ2n) is 5.24. The Morgan fingerprint density at radius 2 is 2.11 bits per heavy atom. The van der Waals surface area contributed by atoms with E-state index in [4.69, 9.17) is 9.84 Å². The predicted molar refractivity (Wildman–Crippen MR) is 75.0 cm³/mol. The minimum atomic E-state index is -0.873. The number of aromatic carboxylic acids is 1. The van der Waals surface area contributed by atoms with Crippen molar-refractivity contribution in [3.05, 3.63) is 29.3 Å². The lowest BCUT2D eigenvalue weighted by atomic mass is 9.99. The Morgan fingerprint density at radius 1 is 1.42 bits per heavy atom. The molecule has 0 unspecified atom stereocenters. The Hall–Kier alpha value is -1.55. The Bertz CT molecular complexity index is 453. The van der Waals surface area contributed by atoms with E-state index in [0.29, 0.717) is 11.5 Å². The highest BCUT2D eigenvalue weighted by Gasteiger charge is 2.17. The third kappa shape index (κ3) is 3.47. The van der Waals surface area contributed by atoms with E-state index in [2.05, 4.69) is 11.9 Å². The van der Waals surface area contributed by atoms with E-state index in [1.165, 1.54) is 0 Å². The molecule has 1 heterocycles. The maximum atomic E-state index is 10.9. The standard InChI is InChI=1S/C15H21NO3/c1-11-9-13(15(17)18)3-4-14(11)16(2)10-12-5-7-19-8-6-12/h3-4,9,12H,5-8,10H2,1-2H3,(H,17,18). The minimum absolute atomic E-state index is 0.348. The molecule has 4 nitrogen and oxygen atoms in total. The van der Waals surface area contributed by atoms with Crippen LogP contribution >= 0.6 is 0 Å². The van der Waals surface area contributed by atoms with E-state index in [-0.39, 0.29) is 0 Å². The second-order valence-corrected chi connectivity index (χ2v) is 5.24. The summed E-state index contributed by atoms with van der Waals surface area (Å²) >= 11 is 0. The van der Waals surface area contributed by atoms with E-state index in [1.54, 1.807) is 12.1 Å². The van der Waals surface area contributed by atoms with Gasteiger partial charge in [0.2, 0.25) is 0 Å². The number of rotatable bonds is 4. The predicted octanol–water partition coefficient (Wildman–Crippen LogP) is 2.56. The lowest BCUT2D eigenvalue weighted by Crippen LogP contribution is -2.30. The molecule has 0 saturated carbocycles. The van der Waals surface area contributed by atoms with E-state index in [9.17, 15) is 4.79 Å². The summed E-state index contributed by atoms with van der Waals surface area (Å²) < 4.78 is 5.37. The van der Waals surface area contributed by atoms with Gasteiger partial charge in [-0.25, -0.2) is 4.79 Å². The van der Waals surface area contributed by atoms with Gasteiger partial charge < -0.3 is 14.7 Å². The summed E-state index contributed by atoms with van der Waals surface area (Å²) in [6.07, 6.45) is 2.22. The van der Waals surface area contributed by atoms with Crippen molar-refractivity contribution >= 4 is 11.7 Å². The van der Waals surface area contributed by atoms with Crippen LogP contribution in [0.15, 0.2) is 18.2 Å². The lowest BCUT2D eigenvalue weighted by molar-refractivity contribution is 0.0683. The molecule has 0 bridgehead atoms. The first-order chi connectivity index (χ1) is 9.08. The average Bonchev–Trinajstić information content (AvgIpc) is 2.39. The summed E-state index contributed by atoms with van der Waals surface area (Å²) in [4.78, 5) is 13.1. The molecule has 19 heavy (non-hydrogen) atoms. The van der Waals surface area contributed by atoms with Crippen molar-refractivity contribution in [1.29, 1.82) is 0 Å². The zero-order valence-corrected chi connectivity index (χ0v) is 11.6. The molecule has 1 aromatic rings. The Balaban J connectivity index is 2.05. The van der Waals surface area contributed by atoms with Gasteiger partial charge in [0.25, 0.3) is 0 Å². The van der Waals surface area contributed by atoms with Crippen molar-refractivity contribution in [2.75, 3.05) is 31.7 Å². The molecule has 0 aromatic heterocycles. The quantitative estimate of drug-likeness (QED) is 0.907. The molecule has 0 atom stereocenters. The van der Waals surface area contributed by atoms with Crippen LogP contribution in [0.2, 0.25) is 0 Å². The first kappa shape index (κ1) is 13.9. The molecule has 4 heteroatoms. The van der Waals surface area contributed by atoms with Crippen LogP contribution in [0.1, 0.15) is 28.8 Å². The third-order valence-corrected chi connectivity index (χ3v) is 3.73. The van der Waals surface area contributed by atoms with Gasteiger partial charge in [0.1, 0.15) is 0 Å². The number of anilines is 1. The zero-order valence-electron chi connectivity index (χ0n) is 11.6. The second kappa shape index (κ2) is 6.06. The van der Waals surface area contributed by atoms with E-state index in [1.807, 2.05) is 13.0 Å².